The second-order valence-corrected chi connectivity index (χ2v) is 5.01. The molecule has 0 bridgehead atoms. The van der Waals surface area contributed by atoms with Gasteiger partial charge in [-0.3, -0.25) is 0 Å². The molecule has 0 aliphatic heterocycles. The smallest absolute Gasteiger partial charge is 0.304 e. The molecule has 1 aromatic rings. The first-order valence-electron chi connectivity index (χ1n) is 6.26. The second-order valence-electron chi connectivity index (χ2n) is 4.03. The molecule has 0 radical (unpaired) electrons. The van der Waals surface area contributed by atoms with Crippen molar-refractivity contribution >= 4 is 10.0 Å². The van der Waals surface area contributed by atoms with E-state index in [0.717, 1.165) is 31.4 Å². The molecular weight excluding hydrogens is 232 g/mol. The van der Waals surface area contributed by atoms with Gasteiger partial charge in [0, 0.05) is 12.2 Å². The first kappa shape index (κ1) is 14.2. The fourth-order valence-electron chi connectivity index (χ4n) is 1.68. The second kappa shape index (κ2) is 8.28. The van der Waals surface area contributed by atoms with E-state index in [9.17, 15) is 5.11 Å². The zero-order chi connectivity index (χ0) is 12.5. The van der Waals surface area contributed by atoms with E-state index >= 15 is 0 Å². The van der Waals surface area contributed by atoms with E-state index in [1.807, 2.05) is 18.2 Å². The molecule has 4 heteroatoms. The molecule has 0 aliphatic rings. The zero-order valence-electron chi connectivity index (χ0n) is 10.7. The first-order valence-corrected chi connectivity index (χ1v) is 7.42. The number of aromatic hydroxyl groups is 1. The summed E-state index contributed by atoms with van der Waals surface area (Å²) in [6.07, 6.45) is 2.94. The van der Waals surface area contributed by atoms with Crippen molar-refractivity contribution in [3.05, 3.63) is 29.8 Å². The van der Waals surface area contributed by atoms with E-state index < -0.39 is 10.0 Å². The van der Waals surface area contributed by atoms with Crippen LogP contribution in [0.2, 0.25) is 0 Å². The van der Waals surface area contributed by atoms with Gasteiger partial charge in [0.25, 0.3) is 0 Å². The van der Waals surface area contributed by atoms with Crippen LogP contribution in [0.5, 0.6) is 5.75 Å². The average Bonchev–Trinajstić information content (AvgIpc) is 2.34. The molecule has 0 aliphatic carbocycles. The third-order valence-corrected chi connectivity index (χ3v) is 3.53. The number of rotatable bonds is 8. The fraction of sp³-hybridized carbons (Fsp3) is 0.538. The molecule has 1 aromatic carbocycles. The van der Waals surface area contributed by atoms with Gasteiger partial charge in [-0.2, -0.15) is 0 Å². The highest BCUT2D eigenvalue weighted by atomic mass is 28.3. The van der Waals surface area contributed by atoms with Crippen LogP contribution < -0.4 is 0 Å². The maximum Gasteiger partial charge on any atom is 0.304 e. The number of hydrogen-bond acceptors (Lipinski definition) is 3. The summed E-state index contributed by atoms with van der Waals surface area (Å²) in [5.74, 6) is 0.315. The summed E-state index contributed by atoms with van der Waals surface area (Å²) < 4.78 is 11.3. The third-order valence-electron chi connectivity index (χ3n) is 2.54. The predicted octanol–water partition coefficient (Wildman–Crippen LogP) is 2.68. The van der Waals surface area contributed by atoms with Gasteiger partial charge in [-0.1, -0.05) is 38.5 Å². The van der Waals surface area contributed by atoms with Crippen molar-refractivity contribution in [2.45, 2.75) is 39.2 Å². The molecule has 0 spiro atoms. The number of benzene rings is 1. The van der Waals surface area contributed by atoms with E-state index in [2.05, 4.69) is 13.8 Å². The van der Waals surface area contributed by atoms with E-state index in [1.165, 1.54) is 0 Å². The van der Waals surface area contributed by atoms with Crippen LogP contribution in [0.1, 0.15) is 44.8 Å². The van der Waals surface area contributed by atoms with Crippen LogP contribution in [-0.4, -0.2) is 21.7 Å². The van der Waals surface area contributed by atoms with Crippen LogP contribution in [-0.2, 0) is 8.85 Å². The van der Waals surface area contributed by atoms with Crippen LogP contribution in [0.15, 0.2) is 24.3 Å². The molecule has 0 saturated heterocycles. The molecule has 0 aromatic heterocycles. The molecule has 3 nitrogen and oxygen atoms in total. The van der Waals surface area contributed by atoms with Crippen molar-refractivity contribution in [2.75, 3.05) is 6.61 Å². The third kappa shape index (κ3) is 4.89. The Morgan fingerprint density at radius 3 is 2.65 bits per heavy atom. The minimum Gasteiger partial charge on any atom is -0.508 e. The minimum absolute atomic E-state index is 0.0234. The summed E-state index contributed by atoms with van der Waals surface area (Å²) in [6, 6.07) is 7.38. The average molecular weight is 254 g/mol. The maximum atomic E-state index is 9.80. The van der Waals surface area contributed by atoms with E-state index in [4.69, 9.17) is 8.85 Å². The van der Waals surface area contributed by atoms with Crippen LogP contribution >= 0.6 is 0 Å². The number of para-hydroxylation sites is 1. The van der Waals surface area contributed by atoms with Crippen molar-refractivity contribution in [1.29, 1.82) is 0 Å². The Morgan fingerprint density at radius 2 is 2.00 bits per heavy atom. The number of phenols is 1. The van der Waals surface area contributed by atoms with Gasteiger partial charge in [0.1, 0.15) is 5.75 Å². The van der Waals surface area contributed by atoms with Crippen LogP contribution in [0, 0.1) is 0 Å². The Hall–Kier alpha value is -0.843. The Labute approximate surface area is 106 Å². The summed E-state index contributed by atoms with van der Waals surface area (Å²) in [4.78, 5) is 0. The highest BCUT2D eigenvalue weighted by molar-refractivity contribution is 6.18. The normalized spacial score (nSPS) is 13.3. The Morgan fingerprint density at radius 1 is 1.24 bits per heavy atom. The van der Waals surface area contributed by atoms with Crippen molar-refractivity contribution in [1.82, 2.24) is 0 Å². The molecule has 96 valence electrons. The Kier molecular flexibility index (Phi) is 6.92. The molecule has 0 heterocycles. The van der Waals surface area contributed by atoms with Crippen molar-refractivity contribution in [3.63, 3.8) is 0 Å². The Balaban J connectivity index is 2.56. The summed E-state index contributed by atoms with van der Waals surface area (Å²) >= 11 is 0. The van der Waals surface area contributed by atoms with Gasteiger partial charge < -0.3 is 14.0 Å². The molecule has 0 amide bonds. The lowest BCUT2D eigenvalue weighted by molar-refractivity contribution is 0.146. The van der Waals surface area contributed by atoms with Crippen molar-refractivity contribution < 1.29 is 14.0 Å². The lowest BCUT2D eigenvalue weighted by atomic mass is 10.0. The van der Waals surface area contributed by atoms with E-state index in [0.29, 0.717) is 5.75 Å². The topological polar surface area (TPSA) is 38.7 Å². The molecule has 1 rings (SSSR count). The summed E-state index contributed by atoms with van der Waals surface area (Å²) in [6.45, 7) is 4.97. The fourth-order valence-corrected chi connectivity index (χ4v) is 2.70. The van der Waals surface area contributed by atoms with Crippen LogP contribution in [0.3, 0.4) is 0 Å². The lowest BCUT2D eigenvalue weighted by Crippen LogP contribution is -2.11. The van der Waals surface area contributed by atoms with Gasteiger partial charge in [-0.05, 0) is 18.9 Å². The molecule has 1 atom stereocenters. The van der Waals surface area contributed by atoms with Gasteiger partial charge in [0.05, 0.1) is 6.10 Å². The summed E-state index contributed by atoms with van der Waals surface area (Å²) in [7, 11) is -0.938. The van der Waals surface area contributed by atoms with Gasteiger partial charge in [0.15, 0.2) is 0 Å². The monoisotopic (exact) mass is 254 g/mol. The first-order chi connectivity index (χ1) is 8.29. The maximum absolute atomic E-state index is 9.80. The predicted molar refractivity (Wildman–Crippen MR) is 71.6 cm³/mol. The van der Waals surface area contributed by atoms with Crippen LogP contribution in [0.25, 0.3) is 0 Å². The quantitative estimate of drug-likeness (QED) is 0.572. The SMILES string of the molecule is CCCO[SiH2]OC(CCC)c1ccccc1O. The molecule has 17 heavy (non-hydrogen) atoms. The molecule has 0 saturated carbocycles. The standard InChI is InChI=1S/C13H22O3Si/c1-3-7-13(16-17-15-10-4-2)11-8-5-6-9-12(11)14/h5-6,8-9,13-14H,3-4,7,10,17H2,1-2H3. The van der Waals surface area contributed by atoms with Crippen molar-refractivity contribution in [2.24, 2.45) is 0 Å². The van der Waals surface area contributed by atoms with E-state index in [-0.39, 0.29) is 6.10 Å². The van der Waals surface area contributed by atoms with Gasteiger partial charge in [0.2, 0.25) is 0 Å². The summed E-state index contributed by atoms with van der Waals surface area (Å²) in [5, 5.41) is 9.80. The van der Waals surface area contributed by atoms with Gasteiger partial charge in [-0.15, -0.1) is 0 Å². The zero-order valence-corrected chi connectivity index (χ0v) is 12.1. The summed E-state index contributed by atoms with van der Waals surface area (Å²) in [5.41, 5.74) is 0.877. The molecule has 1 unspecified atom stereocenters. The van der Waals surface area contributed by atoms with E-state index in [1.54, 1.807) is 6.07 Å². The molecule has 0 fully saturated rings. The van der Waals surface area contributed by atoms with Gasteiger partial charge in [-0.25, -0.2) is 0 Å². The minimum atomic E-state index is -0.938. The van der Waals surface area contributed by atoms with Crippen molar-refractivity contribution in [3.8, 4) is 5.75 Å². The lowest BCUT2D eigenvalue weighted by Gasteiger charge is -2.18. The Bertz CT molecular complexity index is 317. The number of hydrogen-bond donors (Lipinski definition) is 1. The molecular formula is C13H22O3Si. The van der Waals surface area contributed by atoms with Gasteiger partial charge >= 0.3 is 10.0 Å². The largest absolute Gasteiger partial charge is 0.508 e. The highest BCUT2D eigenvalue weighted by Gasteiger charge is 2.14. The van der Waals surface area contributed by atoms with Crippen LogP contribution in [0.4, 0.5) is 0 Å². The highest BCUT2D eigenvalue weighted by Crippen LogP contribution is 2.29. The number of phenolic OH excluding ortho intramolecular Hbond substituents is 1. The molecule has 1 N–H and O–H groups in total.